The second-order valence-electron chi connectivity index (χ2n) is 0.832. The van der Waals surface area contributed by atoms with Crippen LogP contribution < -0.4 is 5.44 Å². The maximum absolute atomic E-state index is 3.83. The van der Waals surface area contributed by atoms with Gasteiger partial charge in [0.2, 0.25) is 0 Å². The predicted octanol–water partition coefficient (Wildman–Crippen LogP) is -0.160. The van der Waals surface area contributed by atoms with E-state index < -0.39 is 0 Å². The van der Waals surface area contributed by atoms with Gasteiger partial charge in [-0.05, 0) is 0 Å². The van der Waals surface area contributed by atoms with E-state index in [1.165, 1.54) is 0 Å². The van der Waals surface area contributed by atoms with Gasteiger partial charge in [0, 0.05) is 9.24 Å². The molecular formula is C2H2N3P. The van der Waals surface area contributed by atoms with E-state index in [0.717, 1.165) is 0 Å². The molecule has 4 heteroatoms. The lowest BCUT2D eigenvalue weighted by atomic mass is 11.0. The molecule has 0 fully saturated rings. The minimum atomic E-state index is 0.620. The zero-order valence-electron chi connectivity index (χ0n) is 2.92. The zero-order valence-corrected chi connectivity index (χ0v) is 3.81. The lowest BCUT2D eigenvalue weighted by Crippen LogP contribution is -1.85. The quantitative estimate of drug-likeness (QED) is 0.459. The number of aromatic amines is 1. The van der Waals surface area contributed by atoms with Crippen molar-refractivity contribution in [2.45, 2.75) is 0 Å². The summed E-state index contributed by atoms with van der Waals surface area (Å²) in [5, 5.41) is 9.34. The molecule has 1 aromatic heterocycles. The zero-order chi connectivity index (χ0) is 4.41. The number of hydrogen-bond donors (Lipinski definition) is 1. The first kappa shape index (κ1) is 3.75. The molecule has 0 atom stereocenters. The molecule has 1 heterocycles. The minimum Gasteiger partial charge on any atom is -0.265 e. The Balaban J connectivity index is 3.05. The molecule has 0 aliphatic rings. The summed E-state index contributed by atoms with van der Waals surface area (Å²) in [7, 11) is 3.83. The highest BCUT2D eigenvalue weighted by molar-refractivity contribution is 7.26. The average molecular weight is 99.0 g/mol. The number of H-pyrrole nitrogens is 1. The Labute approximate surface area is 37.3 Å². The molecule has 1 aromatic rings. The second kappa shape index (κ2) is 1.35. The second-order valence-corrected chi connectivity index (χ2v) is 1.29. The topological polar surface area (TPSA) is 41.6 Å². The highest BCUT2D eigenvalue weighted by Gasteiger charge is 1.78. The first-order valence-electron chi connectivity index (χ1n) is 1.45. The normalized spacial score (nSPS) is 8.83. The van der Waals surface area contributed by atoms with Gasteiger partial charge in [-0.2, -0.15) is 0 Å². The molecule has 6 heavy (non-hydrogen) atoms. The molecule has 2 radical (unpaired) electrons. The monoisotopic (exact) mass is 99.0 g/mol. The Bertz CT molecular complexity index is 112. The molecule has 3 nitrogen and oxygen atoms in total. The van der Waals surface area contributed by atoms with E-state index in [0.29, 0.717) is 5.44 Å². The van der Waals surface area contributed by atoms with Crippen LogP contribution in [0.2, 0.25) is 0 Å². The maximum atomic E-state index is 3.83. The Morgan fingerprint density at radius 3 is 2.83 bits per heavy atom. The standard InChI is InChI=1S/C2H2N3P/c6-2-1-3-5-4-2/h1H,(H,3,4,5). The van der Waals surface area contributed by atoms with Crippen molar-refractivity contribution in [2.24, 2.45) is 0 Å². The van der Waals surface area contributed by atoms with Crippen LogP contribution in [0.1, 0.15) is 0 Å². The summed E-state index contributed by atoms with van der Waals surface area (Å²) in [6, 6.07) is 0. The van der Waals surface area contributed by atoms with E-state index in [2.05, 4.69) is 24.7 Å². The highest BCUT2D eigenvalue weighted by Crippen LogP contribution is 1.72. The molecule has 0 saturated heterocycles. The molecule has 1 N–H and O–H groups in total. The Morgan fingerprint density at radius 2 is 2.67 bits per heavy atom. The van der Waals surface area contributed by atoms with Crippen molar-refractivity contribution < 1.29 is 0 Å². The van der Waals surface area contributed by atoms with E-state index >= 15 is 0 Å². The molecule has 0 aliphatic carbocycles. The van der Waals surface area contributed by atoms with Crippen LogP contribution in [-0.2, 0) is 0 Å². The molecule has 0 spiro atoms. The van der Waals surface area contributed by atoms with E-state index in [-0.39, 0.29) is 0 Å². The van der Waals surface area contributed by atoms with Crippen molar-refractivity contribution in [3.8, 4) is 0 Å². The number of rotatable bonds is 0. The minimum absolute atomic E-state index is 0.620. The van der Waals surface area contributed by atoms with Crippen LogP contribution in [0.3, 0.4) is 0 Å². The third-order valence-corrected chi connectivity index (χ3v) is 0.622. The summed E-state index contributed by atoms with van der Waals surface area (Å²) in [5.74, 6) is 0. The lowest BCUT2D eigenvalue weighted by Gasteiger charge is -1.58. The first-order chi connectivity index (χ1) is 2.89. The number of nitrogens with one attached hydrogen (secondary N) is 1. The van der Waals surface area contributed by atoms with Crippen molar-refractivity contribution in [1.29, 1.82) is 0 Å². The van der Waals surface area contributed by atoms with Crippen molar-refractivity contribution in [1.82, 2.24) is 15.4 Å². The lowest BCUT2D eigenvalue weighted by molar-refractivity contribution is 0.947. The highest BCUT2D eigenvalue weighted by atomic mass is 31.0. The molecule has 0 bridgehead atoms. The summed E-state index contributed by atoms with van der Waals surface area (Å²) in [4.78, 5) is 0. The maximum Gasteiger partial charge on any atom is 0.115 e. The van der Waals surface area contributed by atoms with Gasteiger partial charge < -0.3 is 0 Å². The molecule has 1 rings (SSSR count). The Hall–Kier alpha value is -0.430. The van der Waals surface area contributed by atoms with E-state index in [1.807, 2.05) is 0 Å². The number of aromatic nitrogens is 3. The molecule has 0 aromatic carbocycles. The van der Waals surface area contributed by atoms with E-state index in [1.54, 1.807) is 6.20 Å². The summed E-state index contributed by atoms with van der Waals surface area (Å²) in [6.07, 6.45) is 1.60. The van der Waals surface area contributed by atoms with E-state index in [4.69, 9.17) is 0 Å². The van der Waals surface area contributed by atoms with Gasteiger partial charge in [-0.25, -0.2) is 0 Å². The van der Waals surface area contributed by atoms with E-state index in [9.17, 15) is 0 Å². The molecule has 30 valence electrons. The van der Waals surface area contributed by atoms with Gasteiger partial charge in [-0.3, -0.25) is 5.10 Å². The van der Waals surface area contributed by atoms with Crippen LogP contribution in [0.15, 0.2) is 6.20 Å². The van der Waals surface area contributed by atoms with Crippen LogP contribution in [0.25, 0.3) is 0 Å². The van der Waals surface area contributed by atoms with Crippen LogP contribution >= 0.6 is 9.24 Å². The number of nitrogens with zero attached hydrogens (tertiary/aromatic N) is 2. The molecular weight excluding hydrogens is 97.0 g/mol. The van der Waals surface area contributed by atoms with Crippen LogP contribution in [0.5, 0.6) is 0 Å². The van der Waals surface area contributed by atoms with Crippen LogP contribution in [0, 0.1) is 0 Å². The number of hydrogen-bond acceptors (Lipinski definition) is 2. The van der Waals surface area contributed by atoms with Crippen LogP contribution in [-0.4, -0.2) is 15.4 Å². The predicted molar refractivity (Wildman–Crippen MR) is 22.9 cm³/mol. The summed E-state index contributed by atoms with van der Waals surface area (Å²) in [6.45, 7) is 0. The molecule has 0 unspecified atom stereocenters. The van der Waals surface area contributed by atoms with Crippen LogP contribution in [0.4, 0.5) is 0 Å². The first-order valence-corrected chi connectivity index (χ1v) is 1.90. The third kappa shape index (κ3) is 0.546. The average Bonchev–Trinajstić information content (AvgIpc) is 1.86. The van der Waals surface area contributed by atoms with Gasteiger partial charge in [-0.15, -0.1) is 5.10 Å². The van der Waals surface area contributed by atoms with Crippen molar-refractivity contribution in [3.05, 3.63) is 6.20 Å². The van der Waals surface area contributed by atoms with Crippen molar-refractivity contribution in [3.63, 3.8) is 0 Å². The SMILES string of the molecule is [P]c1c[nH]nn1. The van der Waals surface area contributed by atoms with Gasteiger partial charge in [0.15, 0.2) is 0 Å². The smallest absolute Gasteiger partial charge is 0.115 e. The fraction of sp³-hybridized carbons (Fsp3) is 0. The molecule has 0 aliphatic heterocycles. The fourth-order valence-electron chi connectivity index (χ4n) is 0.196. The van der Waals surface area contributed by atoms with Crippen molar-refractivity contribution >= 4 is 14.7 Å². The Kier molecular flexibility index (Phi) is 0.843. The summed E-state index contributed by atoms with van der Waals surface area (Å²) in [5.41, 5.74) is 0.620. The fourth-order valence-corrected chi connectivity index (χ4v) is 0.298. The molecule has 0 saturated carbocycles. The third-order valence-electron chi connectivity index (χ3n) is 0.404. The molecule has 0 amide bonds. The summed E-state index contributed by atoms with van der Waals surface area (Å²) >= 11 is 0. The van der Waals surface area contributed by atoms with Gasteiger partial charge in [-0.1, -0.05) is 5.21 Å². The van der Waals surface area contributed by atoms with Crippen molar-refractivity contribution in [2.75, 3.05) is 0 Å². The van der Waals surface area contributed by atoms with Gasteiger partial charge >= 0.3 is 0 Å². The largest absolute Gasteiger partial charge is 0.265 e. The van der Waals surface area contributed by atoms with Gasteiger partial charge in [0.1, 0.15) is 5.44 Å². The summed E-state index contributed by atoms with van der Waals surface area (Å²) < 4.78 is 0. The van der Waals surface area contributed by atoms with Gasteiger partial charge in [0.05, 0.1) is 6.20 Å². The van der Waals surface area contributed by atoms with Gasteiger partial charge in [0.25, 0.3) is 0 Å². The Morgan fingerprint density at radius 1 is 1.83 bits per heavy atom.